The van der Waals surface area contributed by atoms with Gasteiger partial charge in [-0.3, -0.25) is 4.79 Å². The summed E-state index contributed by atoms with van der Waals surface area (Å²) in [7, 11) is 0. The zero-order valence-electron chi connectivity index (χ0n) is 6.62. The zero-order valence-corrected chi connectivity index (χ0v) is 6.62. The summed E-state index contributed by atoms with van der Waals surface area (Å²) in [6.07, 6.45) is 0. The van der Waals surface area contributed by atoms with Crippen LogP contribution < -0.4 is 0 Å². The van der Waals surface area contributed by atoms with Crippen molar-refractivity contribution < 1.29 is 19.2 Å². The predicted molar refractivity (Wildman–Crippen MR) is 37.9 cm³/mol. The Morgan fingerprint density at radius 2 is 2.00 bits per heavy atom. The molecule has 0 saturated heterocycles. The second-order valence-corrected chi connectivity index (χ2v) is 2.33. The first-order chi connectivity index (χ1) is 5.54. The third-order valence-electron chi connectivity index (χ3n) is 1.45. The lowest BCUT2D eigenvalue weighted by Gasteiger charge is -1.90. The van der Waals surface area contributed by atoms with Crippen molar-refractivity contribution in [1.82, 2.24) is 5.16 Å². The molecule has 0 aliphatic carbocycles. The van der Waals surface area contributed by atoms with Crippen LogP contribution in [0.5, 0.6) is 0 Å². The maximum atomic E-state index is 10.9. The van der Waals surface area contributed by atoms with Crippen LogP contribution in [0.1, 0.15) is 21.8 Å². The van der Waals surface area contributed by atoms with E-state index < -0.39 is 11.8 Å². The smallest absolute Gasteiger partial charge is 0.377 e. The number of aliphatic carboxylic acids is 1. The number of hydrogen-bond donors (Lipinski definition) is 1. The lowest BCUT2D eigenvalue weighted by Crippen LogP contribution is -2.14. The number of Topliss-reactive ketones (excluding diaryl/α,β-unsaturated/α-hetero) is 1. The summed E-state index contributed by atoms with van der Waals surface area (Å²) >= 11 is 0. The van der Waals surface area contributed by atoms with Crippen molar-refractivity contribution in [3.05, 3.63) is 17.0 Å². The van der Waals surface area contributed by atoms with Crippen LogP contribution in [-0.2, 0) is 4.79 Å². The number of hydrogen-bond acceptors (Lipinski definition) is 4. The molecule has 0 saturated carbocycles. The first kappa shape index (κ1) is 8.45. The van der Waals surface area contributed by atoms with Crippen LogP contribution in [0.2, 0.25) is 0 Å². The molecule has 64 valence electrons. The molecule has 0 amide bonds. The van der Waals surface area contributed by atoms with Crippen molar-refractivity contribution >= 4 is 11.8 Å². The van der Waals surface area contributed by atoms with Crippen molar-refractivity contribution in [2.75, 3.05) is 0 Å². The Balaban J connectivity index is 3.18. The van der Waals surface area contributed by atoms with Gasteiger partial charge in [-0.05, 0) is 13.8 Å². The summed E-state index contributed by atoms with van der Waals surface area (Å²) in [6.45, 7) is 3.02. The van der Waals surface area contributed by atoms with Gasteiger partial charge in [-0.1, -0.05) is 5.16 Å². The molecule has 1 N–H and O–H groups in total. The molecule has 0 unspecified atom stereocenters. The minimum Gasteiger partial charge on any atom is -0.475 e. The third kappa shape index (κ3) is 1.20. The minimum atomic E-state index is -1.50. The Kier molecular flexibility index (Phi) is 1.95. The van der Waals surface area contributed by atoms with Crippen LogP contribution in [0.3, 0.4) is 0 Å². The van der Waals surface area contributed by atoms with Crippen molar-refractivity contribution in [2.45, 2.75) is 13.8 Å². The summed E-state index contributed by atoms with van der Waals surface area (Å²) in [6, 6.07) is 0. The Labute approximate surface area is 68.0 Å². The molecule has 1 heterocycles. The number of carbonyl (C=O) groups is 2. The van der Waals surface area contributed by atoms with Crippen molar-refractivity contribution in [3.8, 4) is 0 Å². The second kappa shape index (κ2) is 2.77. The van der Waals surface area contributed by atoms with Crippen molar-refractivity contribution in [2.24, 2.45) is 0 Å². The number of aromatic nitrogens is 1. The maximum absolute atomic E-state index is 10.9. The minimum absolute atomic E-state index is 0.0440. The monoisotopic (exact) mass is 169 g/mol. The van der Waals surface area contributed by atoms with E-state index in [-0.39, 0.29) is 11.3 Å². The van der Waals surface area contributed by atoms with Gasteiger partial charge in [-0.25, -0.2) is 4.79 Å². The number of carboxylic acids is 1. The quantitative estimate of drug-likeness (QED) is 0.516. The van der Waals surface area contributed by atoms with Crippen LogP contribution in [0.4, 0.5) is 0 Å². The molecule has 0 atom stereocenters. The summed E-state index contributed by atoms with van der Waals surface area (Å²) in [5, 5.41) is 11.8. The highest BCUT2D eigenvalue weighted by molar-refractivity contribution is 6.40. The molecule has 5 nitrogen and oxygen atoms in total. The number of rotatable bonds is 2. The molecular weight excluding hydrogens is 162 g/mol. The van der Waals surface area contributed by atoms with E-state index in [4.69, 9.17) is 5.11 Å². The van der Waals surface area contributed by atoms with Gasteiger partial charge in [-0.15, -0.1) is 0 Å². The average Bonchev–Trinajstić information content (AvgIpc) is 2.30. The van der Waals surface area contributed by atoms with Crippen LogP contribution in [0.25, 0.3) is 0 Å². The fourth-order valence-corrected chi connectivity index (χ4v) is 0.914. The molecule has 1 aromatic rings. The molecule has 1 rings (SSSR count). The van der Waals surface area contributed by atoms with E-state index in [0.29, 0.717) is 5.69 Å². The molecule has 0 aliphatic heterocycles. The van der Waals surface area contributed by atoms with E-state index in [1.807, 2.05) is 0 Å². The van der Waals surface area contributed by atoms with E-state index in [1.165, 1.54) is 13.8 Å². The van der Waals surface area contributed by atoms with Crippen LogP contribution in [0, 0.1) is 13.8 Å². The molecule has 0 aliphatic rings. The normalized spacial score (nSPS) is 9.83. The van der Waals surface area contributed by atoms with Gasteiger partial charge in [0.15, 0.2) is 0 Å². The van der Waals surface area contributed by atoms with E-state index in [1.54, 1.807) is 0 Å². The van der Waals surface area contributed by atoms with Crippen LogP contribution >= 0.6 is 0 Å². The summed E-state index contributed by atoms with van der Waals surface area (Å²) in [5.41, 5.74) is 0.349. The van der Waals surface area contributed by atoms with E-state index >= 15 is 0 Å². The van der Waals surface area contributed by atoms with Gasteiger partial charge in [0.1, 0.15) is 5.76 Å². The van der Waals surface area contributed by atoms with Crippen LogP contribution in [-0.4, -0.2) is 22.0 Å². The first-order valence-corrected chi connectivity index (χ1v) is 3.24. The fourth-order valence-electron chi connectivity index (χ4n) is 0.914. The van der Waals surface area contributed by atoms with E-state index in [9.17, 15) is 9.59 Å². The van der Waals surface area contributed by atoms with Gasteiger partial charge in [0.25, 0.3) is 5.78 Å². The molecule has 1 aromatic heterocycles. The molecule has 0 fully saturated rings. The highest BCUT2D eigenvalue weighted by Crippen LogP contribution is 2.12. The number of nitrogens with zero attached hydrogens (tertiary/aromatic N) is 1. The molecule has 0 bridgehead atoms. The third-order valence-corrected chi connectivity index (χ3v) is 1.45. The number of ketones is 1. The Morgan fingerprint density at radius 3 is 2.33 bits per heavy atom. The topological polar surface area (TPSA) is 80.4 Å². The molecule has 5 heteroatoms. The van der Waals surface area contributed by atoms with Crippen LogP contribution in [0.15, 0.2) is 4.52 Å². The fraction of sp³-hybridized carbons (Fsp3) is 0.286. The lowest BCUT2D eigenvalue weighted by atomic mass is 10.1. The molecule has 0 spiro atoms. The van der Waals surface area contributed by atoms with Gasteiger partial charge < -0.3 is 9.63 Å². The summed E-state index contributed by atoms with van der Waals surface area (Å²) in [4.78, 5) is 21.2. The highest BCUT2D eigenvalue weighted by atomic mass is 16.5. The van der Waals surface area contributed by atoms with Gasteiger partial charge in [0, 0.05) is 0 Å². The molecular formula is C7H7NO4. The lowest BCUT2D eigenvalue weighted by molar-refractivity contribution is -0.131. The number of carboxylic acid groups (broad SMARTS) is 1. The highest BCUT2D eigenvalue weighted by Gasteiger charge is 2.22. The summed E-state index contributed by atoms with van der Waals surface area (Å²) < 4.78 is 4.63. The second-order valence-electron chi connectivity index (χ2n) is 2.33. The Hall–Kier alpha value is -1.65. The van der Waals surface area contributed by atoms with Gasteiger partial charge >= 0.3 is 5.97 Å². The van der Waals surface area contributed by atoms with Gasteiger partial charge in [0.05, 0.1) is 11.3 Å². The van der Waals surface area contributed by atoms with Crippen molar-refractivity contribution in [1.29, 1.82) is 0 Å². The van der Waals surface area contributed by atoms with E-state index in [0.717, 1.165) is 0 Å². The maximum Gasteiger partial charge on any atom is 0.377 e. The van der Waals surface area contributed by atoms with E-state index in [2.05, 4.69) is 9.68 Å². The summed E-state index contributed by atoms with van der Waals surface area (Å²) in [5.74, 6) is -2.24. The zero-order chi connectivity index (χ0) is 9.30. The number of aryl methyl sites for hydroxylation is 2. The first-order valence-electron chi connectivity index (χ1n) is 3.24. The van der Waals surface area contributed by atoms with Gasteiger partial charge in [0.2, 0.25) is 0 Å². The predicted octanol–water partition coefficient (Wildman–Crippen LogP) is 0.559. The largest absolute Gasteiger partial charge is 0.475 e. The molecule has 12 heavy (non-hydrogen) atoms. The number of carbonyl (C=O) groups excluding carboxylic acids is 1. The molecule has 0 aromatic carbocycles. The Morgan fingerprint density at radius 1 is 1.42 bits per heavy atom. The van der Waals surface area contributed by atoms with Gasteiger partial charge in [-0.2, -0.15) is 0 Å². The Bertz CT molecular complexity index is 320. The SMILES string of the molecule is Cc1noc(C)c1C(=O)C(=O)O. The average molecular weight is 169 g/mol. The van der Waals surface area contributed by atoms with Crippen molar-refractivity contribution in [3.63, 3.8) is 0 Å². The molecule has 0 radical (unpaired) electrons. The standard InChI is InChI=1S/C7H7NO4/c1-3-5(4(2)12-8-3)6(9)7(10)11/h1-2H3,(H,10,11).